The molecule has 0 unspecified atom stereocenters. The Kier molecular flexibility index (Phi) is 12.0. The number of likely N-dealkylation sites (N-methyl/N-ethyl adjacent to an activating group) is 1. The number of anilines is 1. The Morgan fingerprint density at radius 3 is 2.45 bits per heavy atom. The highest BCUT2D eigenvalue weighted by Crippen LogP contribution is 2.45. The quantitative estimate of drug-likeness (QED) is 0.249. The van der Waals surface area contributed by atoms with E-state index in [1.54, 1.807) is 29.0 Å². The Hall–Kier alpha value is -3.97. The number of carbonyl (C=O) groups is 2. The highest BCUT2D eigenvalue weighted by molar-refractivity contribution is 6.41. The summed E-state index contributed by atoms with van der Waals surface area (Å²) in [5, 5.41) is 4.26. The number of fused-ring (bicyclic) bond motifs is 1. The molecule has 1 N–H and O–H groups in total. The smallest absolute Gasteiger partial charge is 0.260 e. The van der Waals surface area contributed by atoms with Crippen molar-refractivity contribution < 1.29 is 23.8 Å². The minimum absolute atomic E-state index is 0.0198. The first-order chi connectivity index (χ1) is 23.5. The lowest BCUT2D eigenvalue weighted by Gasteiger charge is -2.32. The number of aromatic nitrogens is 3. The summed E-state index contributed by atoms with van der Waals surface area (Å²) in [5.74, 6) is 0.844. The molecular weight excluding hydrogens is 671 g/mol. The van der Waals surface area contributed by atoms with Crippen LogP contribution in [0.15, 0.2) is 47.9 Å². The second-order valence-electron chi connectivity index (χ2n) is 12.6. The van der Waals surface area contributed by atoms with E-state index in [9.17, 15) is 14.4 Å². The van der Waals surface area contributed by atoms with Crippen LogP contribution in [0.25, 0.3) is 22.2 Å². The summed E-state index contributed by atoms with van der Waals surface area (Å²) in [7, 11) is 6.84. The summed E-state index contributed by atoms with van der Waals surface area (Å²) >= 11 is 13.6. The maximum Gasteiger partial charge on any atom is 0.260 e. The van der Waals surface area contributed by atoms with Crippen molar-refractivity contribution in [1.82, 2.24) is 24.3 Å². The van der Waals surface area contributed by atoms with E-state index >= 15 is 0 Å². The van der Waals surface area contributed by atoms with Crippen molar-refractivity contribution in [3.63, 3.8) is 0 Å². The Morgan fingerprint density at radius 1 is 1.12 bits per heavy atom. The number of halogens is 2. The molecule has 3 aromatic rings. The molecule has 2 aromatic heterocycles. The van der Waals surface area contributed by atoms with Crippen molar-refractivity contribution >= 4 is 51.9 Å². The van der Waals surface area contributed by atoms with Gasteiger partial charge in [-0.25, -0.2) is 4.98 Å². The normalized spacial score (nSPS) is 18.4. The molecule has 0 spiro atoms. The third kappa shape index (κ3) is 8.26. The Morgan fingerprint density at radius 2 is 1.82 bits per heavy atom. The average molecular weight is 714 g/mol. The number of nitrogens with zero attached hydrogens (tertiary/aromatic N) is 5. The number of ether oxygens (including phenoxy) is 3. The molecule has 49 heavy (non-hydrogen) atoms. The highest BCUT2D eigenvalue weighted by Gasteiger charge is 2.31. The zero-order valence-electron chi connectivity index (χ0n) is 28.2. The molecule has 262 valence electrons. The van der Waals surface area contributed by atoms with Crippen LogP contribution in [-0.2, 0) is 20.9 Å². The number of ketones is 1. The van der Waals surface area contributed by atoms with Gasteiger partial charge in [0.1, 0.15) is 17.1 Å². The molecule has 2 fully saturated rings. The molecule has 1 amide bonds. The molecule has 0 radical (unpaired) electrons. The van der Waals surface area contributed by atoms with Crippen LogP contribution in [0.1, 0.15) is 19.3 Å². The summed E-state index contributed by atoms with van der Waals surface area (Å²) < 4.78 is 18.3. The Bertz CT molecular complexity index is 1780. The van der Waals surface area contributed by atoms with Gasteiger partial charge in [0.2, 0.25) is 11.9 Å². The first-order valence-corrected chi connectivity index (χ1v) is 16.9. The second-order valence-corrected chi connectivity index (χ2v) is 13.3. The minimum atomic E-state index is -0.347. The van der Waals surface area contributed by atoms with E-state index in [-0.39, 0.29) is 56.3 Å². The number of carbonyl (C=O) groups excluding carboxylic acids is 2. The summed E-state index contributed by atoms with van der Waals surface area (Å²) in [6.45, 7) is 6.56. The number of amides is 1. The largest absolute Gasteiger partial charge is 0.495 e. The van der Waals surface area contributed by atoms with E-state index in [2.05, 4.69) is 16.9 Å². The SMILES string of the molecule is C=CC(=O)C[C@H]1COC[C@H]1Nc1ncc2cc(-c3c(Cl)c(OC)cc(OC)c3Cl)c(=O)n(CC3CCN(C(=O)/C=C/CN(C)C)CC3)c2n1. The van der Waals surface area contributed by atoms with Gasteiger partial charge in [0.25, 0.3) is 5.56 Å². The maximum absolute atomic E-state index is 14.5. The van der Waals surface area contributed by atoms with Crippen LogP contribution in [0.5, 0.6) is 11.5 Å². The van der Waals surface area contributed by atoms with Crippen molar-refractivity contribution in [3.05, 3.63) is 63.5 Å². The molecule has 1 aromatic carbocycles. The molecule has 0 bridgehead atoms. The summed E-state index contributed by atoms with van der Waals surface area (Å²) in [6, 6.07) is 3.05. The topological polar surface area (TPSA) is 128 Å². The van der Waals surface area contributed by atoms with Gasteiger partial charge in [0, 0.05) is 67.8 Å². The fraction of sp³-hybridized carbons (Fsp3) is 0.457. The van der Waals surface area contributed by atoms with Gasteiger partial charge < -0.3 is 29.3 Å². The number of nitrogens with one attached hydrogen (secondary N) is 1. The fourth-order valence-corrected chi connectivity index (χ4v) is 6.93. The van der Waals surface area contributed by atoms with E-state index in [1.165, 1.54) is 20.3 Å². The van der Waals surface area contributed by atoms with Gasteiger partial charge in [-0.3, -0.25) is 19.0 Å². The third-order valence-corrected chi connectivity index (χ3v) is 9.72. The van der Waals surface area contributed by atoms with E-state index in [4.69, 9.17) is 42.4 Å². The van der Waals surface area contributed by atoms with Crippen LogP contribution in [-0.4, -0.2) is 103 Å². The van der Waals surface area contributed by atoms with Gasteiger partial charge in [-0.15, -0.1) is 0 Å². The van der Waals surface area contributed by atoms with Crippen molar-refractivity contribution in [2.45, 2.75) is 31.8 Å². The van der Waals surface area contributed by atoms with Crippen molar-refractivity contribution in [2.75, 3.05) is 66.5 Å². The van der Waals surface area contributed by atoms with E-state index in [0.29, 0.717) is 87.1 Å². The third-order valence-electron chi connectivity index (χ3n) is 8.97. The van der Waals surface area contributed by atoms with E-state index < -0.39 is 0 Å². The summed E-state index contributed by atoms with van der Waals surface area (Å²) in [6.07, 6.45) is 8.14. The Labute approximate surface area is 295 Å². The standard InChI is InChI=1S/C35H42Cl2N6O6/c1-6-24(44)14-23-19-49-20-26(23)39-35-38-17-22-15-25(30-31(36)27(47-4)16-28(48-5)32(30)37)34(46)43(33(22)40-35)18-21-9-12-42(13-10-21)29(45)8-7-11-41(2)3/h6-8,15-17,21,23,26H,1,9-14,18-20H2,2-5H3,(H,38,39,40)/b8-7+/t23-,26+/m0/s1. The first-order valence-electron chi connectivity index (χ1n) is 16.1. The minimum Gasteiger partial charge on any atom is -0.495 e. The van der Waals surface area contributed by atoms with Crippen LogP contribution in [0.2, 0.25) is 10.0 Å². The molecule has 2 saturated heterocycles. The monoisotopic (exact) mass is 712 g/mol. The number of hydrogen-bond donors (Lipinski definition) is 1. The molecule has 2 aliphatic heterocycles. The van der Waals surface area contributed by atoms with Crippen LogP contribution in [0.4, 0.5) is 5.95 Å². The number of likely N-dealkylation sites (tertiary alicyclic amines) is 1. The van der Waals surface area contributed by atoms with Gasteiger partial charge in [-0.1, -0.05) is 35.9 Å². The lowest BCUT2D eigenvalue weighted by molar-refractivity contribution is -0.127. The van der Waals surface area contributed by atoms with Crippen LogP contribution < -0.4 is 20.3 Å². The number of methoxy groups -OCH3 is 2. The maximum atomic E-state index is 14.5. The van der Waals surface area contributed by atoms with Gasteiger partial charge in [0.05, 0.1) is 49.1 Å². The predicted octanol–water partition coefficient (Wildman–Crippen LogP) is 4.71. The van der Waals surface area contributed by atoms with Gasteiger partial charge in [0.15, 0.2) is 5.78 Å². The molecule has 5 rings (SSSR count). The van der Waals surface area contributed by atoms with Crippen LogP contribution in [0, 0.1) is 11.8 Å². The molecular formula is C35H42Cl2N6O6. The number of benzene rings is 1. The number of pyridine rings is 1. The van der Waals surface area contributed by atoms with Crippen molar-refractivity contribution in [3.8, 4) is 22.6 Å². The van der Waals surface area contributed by atoms with Gasteiger partial charge in [-0.2, -0.15) is 4.98 Å². The van der Waals surface area contributed by atoms with Crippen LogP contribution in [0.3, 0.4) is 0 Å². The molecule has 0 aliphatic carbocycles. The first kappa shape index (κ1) is 36.3. The Balaban J connectivity index is 1.52. The molecule has 12 nitrogen and oxygen atoms in total. The lowest BCUT2D eigenvalue weighted by atomic mass is 9.96. The fourth-order valence-electron chi connectivity index (χ4n) is 6.23. The highest BCUT2D eigenvalue weighted by atomic mass is 35.5. The van der Waals surface area contributed by atoms with Crippen LogP contribution >= 0.6 is 23.2 Å². The van der Waals surface area contributed by atoms with Gasteiger partial charge >= 0.3 is 0 Å². The number of hydrogen-bond acceptors (Lipinski definition) is 10. The van der Waals surface area contributed by atoms with Crippen molar-refractivity contribution in [2.24, 2.45) is 11.8 Å². The zero-order valence-corrected chi connectivity index (χ0v) is 29.7. The second kappa shape index (κ2) is 16.2. The zero-order chi connectivity index (χ0) is 35.2. The number of piperidine rings is 1. The number of rotatable bonds is 13. The van der Waals surface area contributed by atoms with E-state index in [0.717, 1.165) is 0 Å². The molecule has 2 aliphatic rings. The average Bonchev–Trinajstić information content (AvgIpc) is 3.52. The lowest BCUT2D eigenvalue weighted by Crippen LogP contribution is -2.39. The van der Waals surface area contributed by atoms with Gasteiger partial charge in [-0.05, 0) is 45.0 Å². The molecule has 4 heterocycles. The van der Waals surface area contributed by atoms with Crippen molar-refractivity contribution in [1.29, 1.82) is 0 Å². The summed E-state index contributed by atoms with van der Waals surface area (Å²) in [5.41, 5.74) is 0.608. The molecule has 14 heteroatoms. The molecule has 2 atom stereocenters. The molecule has 0 saturated carbocycles. The predicted molar refractivity (Wildman–Crippen MR) is 191 cm³/mol. The van der Waals surface area contributed by atoms with E-state index in [1.807, 2.05) is 30.0 Å². The number of allylic oxidation sites excluding steroid dienone is 1. The summed E-state index contributed by atoms with van der Waals surface area (Å²) in [4.78, 5) is 52.6.